The van der Waals surface area contributed by atoms with Gasteiger partial charge in [-0.2, -0.15) is 0 Å². The van der Waals surface area contributed by atoms with Gasteiger partial charge in [-0.3, -0.25) is 4.90 Å². The van der Waals surface area contributed by atoms with Gasteiger partial charge in [-0.05, 0) is 89.2 Å². The smallest absolute Gasteiger partial charge is 0.194 e. The maximum Gasteiger partial charge on any atom is 0.194 e. The van der Waals surface area contributed by atoms with E-state index in [4.69, 9.17) is 22.1 Å². The van der Waals surface area contributed by atoms with Crippen LogP contribution in [0.15, 0.2) is 18.2 Å². The fourth-order valence-corrected chi connectivity index (χ4v) is 6.03. The van der Waals surface area contributed by atoms with Crippen LogP contribution < -0.4 is 5.73 Å². The third-order valence-electron chi connectivity index (χ3n) is 8.24. The van der Waals surface area contributed by atoms with Crippen LogP contribution in [0.2, 0.25) is 5.02 Å². The van der Waals surface area contributed by atoms with Gasteiger partial charge >= 0.3 is 0 Å². The average molecular weight is 499 g/mol. The quantitative estimate of drug-likeness (QED) is 0.288. The van der Waals surface area contributed by atoms with E-state index in [1.165, 1.54) is 25.7 Å². The lowest BCUT2D eigenvalue weighted by Gasteiger charge is -2.40. The second kappa shape index (κ2) is 13.0. The minimum absolute atomic E-state index is 0.0151. The molecule has 0 radical (unpaired) electrons. The zero-order valence-corrected chi connectivity index (χ0v) is 21.7. The Morgan fingerprint density at radius 2 is 1.94 bits per heavy atom. The fraction of sp³-hybridized carbons (Fsp3) is 0.778. The summed E-state index contributed by atoms with van der Waals surface area (Å²) >= 11 is 5.89. The van der Waals surface area contributed by atoms with Gasteiger partial charge < -0.3 is 20.7 Å². The molecule has 1 aromatic rings. The number of nitrogens with two attached hydrogens (primary N) is 1. The fourth-order valence-electron chi connectivity index (χ4n) is 5.86. The summed E-state index contributed by atoms with van der Waals surface area (Å²) in [5, 5.41) is 21.8. The van der Waals surface area contributed by atoms with E-state index in [-0.39, 0.29) is 22.7 Å². The van der Waals surface area contributed by atoms with E-state index < -0.39 is 11.6 Å². The molecule has 1 unspecified atom stereocenters. The van der Waals surface area contributed by atoms with Gasteiger partial charge in [-0.1, -0.05) is 30.2 Å². The molecule has 2 fully saturated rings. The van der Waals surface area contributed by atoms with Crippen molar-refractivity contribution in [1.29, 1.82) is 0 Å². The van der Waals surface area contributed by atoms with Crippen LogP contribution >= 0.6 is 11.6 Å². The number of rotatable bonds is 11. The van der Waals surface area contributed by atoms with Crippen LogP contribution in [0, 0.1) is 17.7 Å². The molecule has 4 atom stereocenters. The van der Waals surface area contributed by atoms with Crippen molar-refractivity contribution >= 4 is 11.6 Å². The number of aliphatic hydroxyl groups excluding tert-OH is 1. The molecule has 3 rings (SSSR count). The first-order valence-corrected chi connectivity index (χ1v) is 13.5. The highest BCUT2D eigenvalue weighted by atomic mass is 35.5. The lowest BCUT2D eigenvalue weighted by Crippen LogP contribution is -2.47. The highest BCUT2D eigenvalue weighted by Gasteiger charge is 2.33. The van der Waals surface area contributed by atoms with Gasteiger partial charge in [0.2, 0.25) is 0 Å². The molecule has 34 heavy (non-hydrogen) atoms. The van der Waals surface area contributed by atoms with Crippen LogP contribution in [0.25, 0.3) is 0 Å². The molecule has 5 nitrogen and oxygen atoms in total. The Bertz CT molecular complexity index is 761. The number of hydrogen-bond acceptors (Lipinski definition) is 5. The maximum atomic E-state index is 14.4. The molecule has 1 aliphatic carbocycles. The second-order valence-corrected chi connectivity index (χ2v) is 11.1. The van der Waals surface area contributed by atoms with E-state index in [2.05, 4.69) is 11.8 Å². The van der Waals surface area contributed by atoms with E-state index in [9.17, 15) is 14.6 Å². The monoisotopic (exact) mass is 498 g/mol. The molecule has 1 aromatic carbocycles. The molecule has 194 valence electrons. The van der Waals surface area contributed by atoms with Gasteiger partial charge in [0.1, 0.15) is 5.82 Å². The predicted molar refractivity (Wildman–Crippen MR) is 135 cm³/mol. The normalized spacial score (nSPS) is 27.8. The van der Waals surface area contributed by atoms with Crippen molar-refractivity contribution in [3.63, 3.8) is 0 Å². The molecule has 1 saturated carbocycles. The van der Waals surface area contributed by atoms with Gasteiger partial charge in [-0.25, -0.2) is 4.39 Å². The van der Waals surface area contributed by atoms with Crippen LogP contribution in [-0.4, -0.2) is 53.5 Å². The number of aliphatic hydroxyl groups is 2. The van der Waals surface area contributed by atoms with E-state index in [1.807, 2.05) is 0 Å². The van der Waals surface area contributed by atoms with Gasteiger partial charge in [0, 0.05) is 37.7 Å². The summed E-state index contributed by atoms with van der Waals surface area (Å²) in [5.41, 5.74) is 6.12. The summed E-state index contributed by atoms with van der Waals surface area (Å²) in [6, 6.07) is 5.13. The standard InChI is InChI=1S/C27H44ClFN2O3/c1-19(25(32)17-20-11-13-22(30)14-12-20)31-16-6-8-21(18-31)7-3-4-15-27(33,34-2)23-9-5-10-24(28)26(23)29/h5,9-10,19-22,25,32-33H,3-4,6-8,11-18,30H2,1-2H3/t19-,20?,21+,22?,25+,27?/m0/s1. The number of likely N-dealkylation sites (tertiary alicyclic amines) is 1. The third kappa shape index (κ3) is 7.37. The Labute approximate surface area is 209 Å². The van der Waals surface area contributed by atoms with Crippen molar-refractivity contribution in [3.05, 3.63) is 34.6 Å². The van der Waals surface area contributed by atoms with Gasteiger partial charge in [-0.15, -0.1) is 0 Å². The third-order valence-corrected chi connectivity index (χ3v) is 8.53. The number of unbranched alkanes of at least 4 members (excludes halogenated alkanes) is 1. The molecule has 2 aliphatic rings. The number of ether oxygens (including phenoxy) is 1. The van der Waals surface area contributed by atoms with E-state index in [0.29, 0.717) is 24.3 Å². The number of halogens is 2. The van der Waals surface area contributed by atoms with Crippen LogP contribution in [0.3, 0.4) is 0 Å². The largest absolute Gasteiger partial charge is 0.391 e. The Morgan fingerprint density at radius 1 is 1.21 bits per heavy atom. The number of benzene rings is 1. The van der Waals surface area contributed by atoms with Crippen molar-refractivity contribution in [2.24, 2.45) is 17.6 Å². The molecule has 1 saturated heterocycles. The number of methoxy groups -OCH3 is 1. The molecule has 0 amide bonds. The summed E-state index contributed by atoms with van der Waals surface area (Å²) in [5.74, 6) is -1.12. The molecule has 1 heterocycles. The predicted octanol–water partition coefficient (Wildman–Crippen LogP) is 5.20. The molecule has 0 spiro atoms. The summed E-state index contributed by atoms with van der Waals surface area (Å²) < 4.78 is 19.7. The SMILES string of the molecule is COC(O)(CCCC[C@@H]1CCCN([C@@H](C)[C@H](O)CC2CCC(N)CC2)C1)c1cccc(Cl)c1F. The van der Waals surface area contributed by atoms with Crippen molar-refractivity contribution in [2.75, 3.05) is 20.2 Å². The highest BCUT2D eigenvalue weighted by molar-refractivity contribution is 6.30. The second-order valence-electron chi connectivity index (χ2n) is 10.7. The van der Waals surface area contributed by atoms with Crippen molar-refractivity contribution in [2.45, 2.75) is 102 Å². The molecule has 0 bridgehead atoms. The highest BCUT2D eigenvalue weighted by Crippen LogP contribution is 2.34. The molecule has 7 heteroatoms. The molecular formula is C27H44ClFN2O3. The zero-order chi connectivity index (χ0) is 24.7. The minimum atomic E-state index is -1.67. The van der Waals surface area contributed by atoms with E-state index >= 15 is 0 Å². The average Bonchev–Trinajstić information content (AvgIpc) is 2.84. The van der Waals surface area contributed by atoms with Crippen molar-refractivity contribution in [1.82, 2.24) is 4.90 Å². The summed E-state index contributed by atoms with van der Waals surface area (Å²) in [4.78, 5) is 2.46. The number of nitrogens with zero attached hydrogens (tertiary/aromatic N) is 1. The summed E-state index contributed by atoms with van der Waals surface area (Å²) in [7, 11) is 1.40. The van der Waals surface area contributed by atoms with Crippen molar-refractivity contribution in [3.8, 4) is 0 Å². The van der Waals surface area contributed by atoms with Crippen LogP contribution in [0.4, 0.5) is 4.39 Å². The maximum absolute atomic E-state index is 14.4. The van der Waals surface area contributed by atoms with E-state index in [1.54, 1.807) is 6.07 Å². The molecular weight excluding hydrogens is 455 g/mol. The first-order valence-electron chi connectivity index (χ1n) is 13.1. The lowest BCUT2D eigenvalue weighted by molar-refractivity contribution is -0.201. The van der Waals surface area contributed by atoms with Gasteiger partial charge in [0.05, 0.1) is 11.1 Å². The molecule has 4 N–H and O–H groups in total. The zero-order valence-electron chi connectivity index (χ0n) is 20.9. The van der Waals surface area contributed by atoms with Crippen LogP contribution in [-0.2, 0) is 10.5 Å². The number of hydrogen-bond donors (Lipinski definition) is 3. The summed E-state index contributed by atoms with van der Waals surface area (Å²) in [6.07, 6.45) is 10.4. The Morgan fingerprint density at radius 3 is 2.65 bits per heavy atom. The molecule has 0 aromatic heterocycles. The molecule has 1 aliphatic heterocycles. The Kier molecular flexibility index (Phi) is 10.6. The summed E-state index contributed by atoms with van der Waals surface area (Å²) in [6.45, 7) is 4.22. The van der Waals surface area contributed by atoms with Gasteiger partial charge in [0.25, 0.3) is 0 Å². The van der Waals surface area contributed by atoms with Crippen LogP contribution in [0.5, 0.6) is 0 Å². The lowest BCUT2D eigenvalue weighted by atomic mass is 9.82. The first kappa shape index (κ1) is 27.8. The topological polar surface area (TPSA) is 79.0 Å². The van der Waals surface area contributed by atoms with Crippen LogP contribution in [0.1, 0.15) is 83.1 Å². The number of piperidine rings is 1. The van der Waals surface area contributed by atoms with Crippen molar-refractivity contribution < 1.29 is 19.3 Å². The minimum Gasteiger partial charge on any atom is -0.391 e. The Hall–Kier alpha value is -0.760. The van der Waals surface area contributed by atoms with Gasteiger partial charge in [0.15, 0.2) is 5.79 Å². The van der Waals surface area contributed by atoms with E-state index in [0.717, 1.165) is 70.9 Å². The Balaban J connectivity index is 1.43. The first-order chi connectivity index (χ1) is 16.2.